The van der Waals surface area contributed by atoms with Crippen LogP contribution in [0.5, 0.6) is 0 Å². The van der Waals surface area contributed by atoms with E-state index >= 15 is 0 Å². The summed E-state index contributed by atoms with van der Waals surface area (Å²) in [6.45, 7) is 8.36. The second kappa shape index (κ2) is 6.55. The fraction of sp³-hybridized carbons (Fsp3) is 0.600. The molecule has 1 unspecified atom stereocenters. The van der Waals surface area contributed by atoms with Gasteiger partial charge in [-0.3, -0.25) is 4.79 Å². The first-order chi connectivity index (χ1) is 8.86. The van der Waals surface area contributed by atoms with Crippen LogP contribution in [0.1, 0.15) is 50.2 Å². The van der Waals surface area contributed by atoms with Gasteiger partial charge < -0.3 is 10.6 Å². The summed E-state index contributed by atoms with van der Waals surface area (Å²) in [5.41, 5.74) is 7.30. The molecule has 1 atom stereocenters. The average molecular weight is 263 g/mol. The third-order valence-corrected chi connectivity index (χ3v) is 3.55. The number of nitrogens with zero attached hydrogens (tertiary/aromatic N) is 2. The van der Waals surface area contributed by atoms with Crippen molar-refractivity contribution in [2.75, 3.05) is 12.8 Å². The van der Waals surface area contributed by atoms with Gasteiger partial charge in [-0.05, 0) is 31.4 Å². The Bertz CT molecular complexity index is 443. The molecule has 4 nitrogen and oxygen atoms in total. The number of carbonyl (C=O) groups excluding carboxylic acids is 1. The van der Waals surface area contributed by atoms with Crippen molar-refractivity contribution >= 4 is 11.7 Å². The van der Waals surface area contributed by atoms with Crippen molar-refractivity contribution in [2.24, 2.45) is 5.92 Å². The maximum Gasteiger partial charge on any atom is 0.254 e. The summed E-state index contributed by atoms with van der Waals surface area (Å²) in [6.07, 6.45) is 1.83. The summed E-state index contributed by atoms with van der Waals surface area (Å²) in [5.74, 6) is 0.843. The maximum absolute atomic E-state index is 12.4. The average Bonchev–Trinajstić information content (AvgIpc) is 2.35. The molecule has 1 heterocycles. The highest BCUT2D eigenvalue weighted by Gasteiger charge is 2.20. The Balaban J connectivity index is 2.99. The van der Waals surface area contributed by atoms with Crippen molar-refractivity contribution in [3.05, 3.63) is 23.4 Å². The van der Waals surface area contributed by atoms with Crippen LogP contribution in [-0.2, 0) is 6.42 Å². The number of anilines is 1. The smallest absolute Gasteiger partial charge is 0.254 e. The molecule has 0 spiro atoms. The zero-order valence-electron chi connectivity index (χ0n) is 12.6. The lowest BCUT2D eigenvalue weighted by Crippen LogP contribution is -2.38. The Morgan fingerprint density at radius 2 is 2.00 bits per heavy atom. The summed E-state index contributed by atoms with van der Waals surface area (Å²) >= 11 is 0. The molecule has 4 heteroatoms. The largest absolute Gasteiger partial charge is 0.384 e. The van der Waals surface area contributed by atoms with Crippen LogP contribution in [0.2, 0.25) is 0 Å². The summed E-state index contributed by atoms with van der Waals surface area (Å²) < 4.78 is 0. The van der Waals surface area contributed by atoms with Crippen molar-refractivity contribution in [1.29, 1.82) is 0 Å². The molecule has 106 valence electrons. The normalized spacial score (nSPS) is 12.5. The number of hydrogen-bond acceptors (Lipinski definition) is 3. The van der Waals surface area contributed by atoms with Crippen LogP contribution >= 0.6 is 0 Å². The predicted molar refractivity (Wildman–Crippen MR) is 79.0 cm³/mol. The number of amides is 1. The summed E-state index contributed by atoms with van der Waals surface area (Å²) in [4.78, 5) is 18.5. The fourth-order valence-electron chi connectivity index (χ4n) is 1.95. The minimum absolute atomic E-state index is 0.00709. The third kappa shape index (κ3) is 3.94. The second-order valence-electron chi connectivity index (χ2n) is 5.42. The van der Waals surface area contributed by atoms with Gasteiger partial charge in [0.25, 0.3) is 5.91 Å². The predicted octanol–water partition coefficient (Wildman–Crippen LogP) is 2.73. The van der Waals surface area contributed by atoms with Gasteiger partial charge in [0.2, 0.25) is 0 Å². The zero-order chi connectivity index (χ0) is 14.6. The molecular formula is C15H25N3O. The first-order valence-corrected chi connectivity index (χ1v) is 6.90. The number of aromatic nitrogens is 1. The molecule has 0 bridgehead atoms. The van der Waals surface area contributed by atoms with Gasteiger partial charge in [-0.15, -0.1) is 0 Å². The second-order valence-corrected chi connectivity index (χ2v) is 5.42. The molecule has 2 N–H and O–H groups in total. The first-order valence-electron chi connectivity index (χ1n) is 6.90. The molecule has 0 radical (unpaired) electrons. The number of pyridine rings is 1. The number of aryl methyl sites for hydroxylation is 1. The molecule has 1 rings (SSSR count). The molecule has 0 aliphatic rings. The van der Waals surface area contributed by atoms with E-state index in [-0.39, 0.29) is 11.9 Å². The molecule has 0 fully saturated rings. The number of carbonyl (C=O) groups is 1. The Kier molecular flexibility index (Phi) is 5.33. The molecule has 0 saturated carbocycles. The van der Waals surface area contributed by atoms with Gasteiger partial charge in [0.1, 0.15) is 5.82 Å². The van der Waals surface area contributed by atoms with E-state index in [9.17, 15) is 4.79 Å². The number of nitrogen functional groups attached to an aromatic ring is 1. The number of rotatable bonds is 5. The van der Waals surface area contributed by atoms with Crippen LogP contribution in [0.15, 0.2) is 12.1 Å². The van der Waals surface area contributed by atoms with E-state index in [2.05, 4.69) is 32.7 Å². The Morgan fingerprint density at radius 3 is 2.53 bits per heavy atom. The van der Waals surface area contributed by atoms with Crippen LogP contribution in [0, 0.1) is 5.92 Å². The lowest BCUT2D eigenvalue weighted by Gasteiger charge is -2.28. The highest BCUT2D eigenvalue weighted by Crippen LogP contribution is 2.15. The fourth-order valence-corrected chi connectivity index (χ4v) is 1.95. The molecule has 19 heavy (non-hydrogen) atoms. The van der Waals surface area contributed by atoms with Crippen molar-refractivity contribution in [1.82, 2.24) is 9.88 Å². The lowest BCUT2D eigenvalue weighted by molar-refractivity contribution is 0.0707. The third-order valence-electron chi connectivity index (χ3n) is 3.55. The molecular weight excluding hydrogens is 238 g/mol. The maximum atomic E-state index is 12.4. The minimum atomic E-state index is 0.00709. The van der Waals surface area contributed by atoms with Gasteiger partial charge in [0.15, 0.2) is 0 Å². The standard InChI is InChI=1S/C15H25N3O/c1-6-7-13-8-12(9-14(16)17-13)15(19)18(5)11(4)10(2)3/h8-11H,6-7H2,1-5H3,(H2,16,17). The zero-order valence-corrected chi connectivity index (χ0v) is 12.6. The van der Waals surface area contributed by atoms with Gasteiger partial charge in [-0.25, -0.2) is 4.98 Å². The van der Waals surface area contributed by atoms with Crippen molar-refractivity contribution in [2.45, 2.75) is 46.6 Å². The van der Waals surface area contributed by atoms with Gasteiger partial charge in [-0.1, -0.05) is 27.2 Å². The van der Waals surface area contributed by atoms with E-state index in [4.69, 9.17) is 5.73 Å². The molecule has 0 aromatic carbocycles. The first kappa shape index (κ1) is 15.5. The summed E-state index contributed by atoms with van der Waals surface area (Å²) in [7, 11) is 1.84. The van der Waals surface area contributed by atoms with Crippen LogP contribution in [0.4, 0.5) is 5.82 Å². The molecule has 1 aromatic rings. The SMILES string of the molecule is CCCc1cc(C(=O)N(C)C(C)C(C)C)cc(N)n1. The van der Waals surface area contributed by atoms with Gasteiger partial charge in [0.05, 0.1) is 0 Å². The summed E-state index contributed by atoms with van der Waals surface area (Å²) in [6, 6.07) is 3.70. The Labute approximate surface area is 116 Å². The van der Waals surface area contributed by atoms with E-state index < -0.39 is 0 Å². The quantitative estimate of drug-likeness (QED) is 0.888. The highest BCUT2D eigenvalue weighted by molar-refractivity contribution is 5.95. The minimum Gasteiger partial charge on any atom is -0.384 e. The molecule has 0 aliphatic carbocycles. The number of nitrogens with two attached hydrogens (primary N) is 1. The van der Waals surface area contributed by atoms with E-state index in [1.165, 1.54) is 0 Å². The summed E-state index contributed by atoms with van der Waals surface area (Å²) in [5, 5.41) is 0. The van der Waals surface area contributed by atoms with Crippen LogP contribution in [0.3, 0.4) is 0 Å². The van der Waals surface area contributed by atoms with Gasteiger partial charge in [0, 0.05) is 24.3 Å². The van der Waals surface area contributed by atoms with Crippen molar-refractivity contribution in [3.63, 3.8) is 0 Å². The molecule has 1 aromatic heterocycles. The number of hydrogen-bond donors (Lipinski definition) is 1. The van der Waals surface area contributed by atoms with Gasteiger partial charge in [-0.2, -0.15) is 0 Å². The van der Waals surface area contributed by atoms with E-state index in [0.717, 1.165) is 18.5 Å². The molecule has 0 saturated heterocycles. The monoisotopic (exact) mass is 263 g/mol. The van der Waals surface area contributed by atoms with Gasteiger partial charge >= 0.3 is 0 Å². The van der Waals surface area contributed by atoms with E-state index in [1.807, 2.05) is 13.1 Å². The van der Waals surface area contributed by atoms with Crippen molar-refractivity contribution < 1.29 is 4.79 Å². The Hall–Kier alpha value is -1.58. The van der Waals surface area contributed by atoms with Crippen molar-refractivity contribution in [3.8, 4) is 0 Å². The topological polar surface area (TPSA) is 59.2 Å². The van der Waals surface area contributed by atoms with Crippen LogP contribution in [-0.4, -0.2) is 28.9 Å². The molecule has 0 aliphatic heterocycles. The Morgan fingerprint density at radius 1 is 1.37 bits per heavy atom. The van der Waals surface area contributed by atoms with Crippen LogP contribution < -0.4 is 5.73 Å². The van der Waals surface area contributed by atoms with E-state index in [0.29, 0.717) is 17.3 Å². The highest BCUT2D eigenvalue weighted by atomic mass is 16.2. The van der Waals surface area contributed by atoms with Crippen LogP contribution in [0.25, 0.3) is 0 Å². The van der Waals surface area contributed by atoms with E-state index in [1.54, 1.807) is 11.0 Å². The lowest BCUT2D eigenvalue weighted by atomic mass is 10.0. The molecule has 1 amide bonds.